The lowest BCUT2D eigenvalue weighted by molar-refractivity contribution is -0.116. The highest BCUT2D eigenvalue weighted by Crippen LogP contribution is 2.29. The fourth-order valence-corrected chi connectivity index (χ4v) is 4.73. The first-order valence-electron chi connectivity index (χ1n) is 10.9. The predicted molar refractivity (Wildman–Crippen MR) is 127 cm³/mol. The molecule has 0 saturated heterocycles. The van der Waals surface area contributed by atoms with Crippen LogP contribution in [0, 0.1) is 0 Å². The summed E-state index contributed by atoms with van der Waals surface area (Å²) in [6.07, 6.45) is 0.762. The molecule has 2 rings (SSSR count). The van der Waals surface area contributed by atoms with Gasteiger partial charge in [0.1, 0.15) is 11.5 Å². The van der Waals surface area contributed by atoms with Gasteiger partial charge in [-0.25, -0.2) is 8.42 Å². The van der Waals surface area contributed by atoms with Crippen LogP contribution in [0.2, 0.25) is 0 Å². The third-order valence-corrected chi connectivity index (χ3v) is 7.20. The Bertz CT molecular complexity index is 984. The Morgan fingerprint density at radius 3 is 2.28 bits per heavy atom. The second kappa shape index (κ2) is 11.9. The summed E-state index contributed by atoms with van der Waals surface area (Å²) in [7, 11) is -2.16. The van der Waals surface area contributed by atoms with E-state index >= 15 is 0 Å². The number of rotatable bonds is 12. The van der Waals surface area contributed by atoms with E-state index in [1.54, 1.807) is 19.9 Å². The van der Waals surface area contributed by atoms with Crippen molar-refractivity contribution in [1.29, 1.82) is 0 Å². The molecule has 0 atom stereocenters. The van der Waals surface area contributed by atoms with E-state index in [0.29, 0.717) is 43.5 Å². The van der Waals surface area contributed by atoms with E-state index in [0.717, 1.165) is 5.75 Å². The maximum atomic E-state index is 12.8. The lowest BCUT2D eigenvalue weighted by atomic mass is 10.0. The highest BCUT2D eigenvalue weighted by molar-refractivity contribution is 7.89. The molecule has 7 nitrogen and oxygen atoms in total. The van der Waals surface area contributed by atoms with Crippen LogP contribution in [0.1, 0.15) is 52.0 Å². The molecule has 2 aromatic carbocycles. The van der Waals surface area contributed by atoms with Gasteiger partial charge in [0.2, 0.25) is 15.9 Å². The Labute approximate surface area is 191 Å². The summed E-state index contributed by atoms with van der Waals surface area (Å²) >= 11 is 0. The van der Waals surface area contributed by atoms with Crippen molar-refractivity contribution in [3.63, 3.8) is 0 Å². The maximum absolute atomic E-state index is 12.8. The molecule has 0 unspecified atom stereocenters. The lowest BCUT2D eigenvalue weighted by Crippen LogP contribution is -2.30. The molecule has 8 heteroatoms. The van der Waals surface area contributed by atoms with Crippen LogP contribution < -0.4 is 14.8 Å². The number of carbonyl (C=O) groups excluding carboxylic acids is 1. The number of amides is 1. The Morgan fingerprint density at radius 2 is 1.72 bits per heavy atom. The molecule has 2 aromatic rings. The van der Waals surface area contributed by atoms with Crippen molar-refractivity contribution < 1.29 is 22.7 Å². The molecule has 176 valence electrons. The van der Waals surface area contributed by atoms with E-state index in [4.69, 9.17) is 9.47 Å². The predicted octanol–water partition coefficient (Wildman–Crippen LogP) is 4.65. The molecule has 0 saturated carbocycles. The van der Waals surface area contributed by atoms with Crippen LogP contribution in [-0.4, -0.2) is 45.4 Å². The molecular weight excluding hydrogens is 428 g/mol. The van der Waals surface area contributed by atoms with Gasteiger partial charge in [-0.1, -0.05) is 39.8 Å². The van der Waals surface area contributed by atoms with Crippen molar-refractivity contribution in [1.82, 2.24) is 4.31 Å². The van der Waals surface area contributed by atoms with Gasteiger partial charge in [-0.3, -0.25) is 4.79 Å². The van der Waals surface area contributed by atoms with Gasteiger partial charge in [-0.15, -0.1) is 0 Å². The highest BCUT2D eigenvalue weighted by atomic mass is 32.2. The quantitative estimate of drug-likeness (QED) is 0.464. The Kier molecular flexibility index (Phi) is 9.53. The summed E-state index contributed by atoms with van der Waals surface area (Å²) in [6.45, 7) is 8.99. The summed E-state index contributed by atoms with van der Waals surface area (Å²) in [5, 5.41) is 2.77. The zero-order chi connectivity index (χ0) is 23.7. The average Bonchev–Trinajstić information content (AvgIpc) is 2.77. The Morgan fingerprint density at radius 1 is 1.06 bits per heavy atom. The van der Waals surface area contributed by atoms with Gasteiger partial charge in [0.25, 0.3) is 0 Å². The van der Waals surface area contributed by atoms with E-state index in [1.807, 2.05) is 24.3 Å². The standard InChI is InChI=1S/C24H34N2O5S/c1-6-26(7-2)32(28,29)21-14-15-23(30-5)22(17-21)25-24(27)9-8-16-31-20-12-10-19(11-13-20)18(3)4/h10-15,17-18H,6-9,16H2,1-5H3,(H,25,27). The number of methoxy groups -OCH3 is 1. The smallest absolute Gasteiger partial charge is 0.243 e. The molecule has 0 heterocycles. The van der Waals surface area contributed by atoms with E-state index in [1.165, 1.54) is 29.1 Å². The number of ether oxygens (including phenoxy) is 2. The first kappa shape index (κ1) is 25.7. The molecule has 0 aliphatic carbocycles. The molecular formula is C24H34N2O5S. The molecule has 1 amide bonds. The van der Waals surface area contributed by atoms with Crippen molar-refractivity contribution in [2.24, 2.45) is 0 Å². The summed E-state index contributed by atoms with van der Waals surface area (Å²) in [5.41, 5.74) is 1.58. The minimum Gasteiger partial charge on any atom is -0.495 e. The molecule has 0 aliphatic rings. The fourth-order valence-electron chi connectivity index (χ4n) is 3.24. The zero-order valence-corrected chi connectivity index (χ0v) is 20.4. The van der Waals surface area contributed by atoms with Crippen LogP contribution in [0.25, 0.3) is 0 Å². The molecule has 0 bridgehead atoms. The molecule has 0 aromatic heterocycles. The lowest BCUT2D eigenvalue weighted by Gasteiger charge is -2.19. The molecule has 32 heavy (non-hydrogen) atoms. The van der Waals surface area contributed by atoms with Crippen LogP contribution in [-0.2, 0) is 14.8 Å². The molecule has 0 spiro atoms. The highest BCUT2D eigenvalue weighted by Gasteiger charge is 2.23. The number of anilines is 1. The van der Waals surface area contributed by atoms with Gasteiger partial charge in [0.15, 0.2) is 0 Å². The minimum absolute atomic E-state index is 0.116. The SMILES string of the molecule is CCN(CC)S(=O)(=O)c1ccc(OC)c(NC(=O)CCCOc2ccc(C(C)C)cc2)c1. The van der Waals surface area contributed by atoms with Gasteiger partial charge < -0.3 is 14.8 Å². The first-order valence-corrected chi connectivity index (χ1v) is 12.4. The minimum atomic E-state index is -3.64. The number of hydrogen-bond donors (Lipinski definition) is 1. The monoisotopic (exact) mass is 462 g/mol. The molecule has 1 N–H and O–H groups in total. The molecule has 0 aliphatic heterocycles. The van der Waals surface area contributed by atoms with Crippen molar-refractivity contribution in [2.75, 3.05) is 32.1 Å². The number of carbonyl (C=O) groups is 1. The second-order valence-electron chi connectivity index (χ2n) is 7.68. The van der Waals surface area contributed by atoms with E-state index in [2.05, 4.69) is 19.2 Å². The largest absolute Gasteiger partial charge is 0.495 e. The maximum Gasteiger partial charge on any atom is 0.243 e. The van der Waals surface area contributed by atoms with Gasteiger partial charge in [0, 0.05) is 19.5 Å². The summed E-state index contributed by atoms with van der Waals surface area (Å²) in [4.78, 5) is 12.6. The first-order chi connectivity index (χ1) is 15.2. The third kappa shape index (κ3) is 6.71. The number of sulfonamides is 1. The Balaban J connectivity index is 1.96. The van der Waals surface area contributed by atoms with Gasteiger partial charge in [-0.2, -0.15) is 4.31 Å². The number of nitrogens with one attached hydrogen (secondary N) is 1. The van der Waals surface area contributed by atoms with Gasteiger partial charge in [-0.05, 0) is 48.2 Å². The van der Waals surface area contributed by atoms with Crippen LogP contribution in [0.5, 0.6) is 11.5 Å². The third-order valence-electron chi connectivity index (χ3n) is 5.15. The fraction of sp³-hybridized carbons (Fsp3) is 0.458. The number of benzene rings is 2. The van der Waals surface area contributed by atoms with E-state index < -0.39 is 10.0 Å². The molecule has 0 fully saturated rings. The van der Waals surface area contributed by atoms with E-state index in [9.17, 15) is 13.2 Å². The van der Waals surface area contributed by atoms with Gasteiger partial charge >= 0.3 is 0 Å². The van der Waals surface area contributed by atoms with Crippen LogP contribution in [0.3, 0.4) is 0 Å². The topological polar surface area (TPSA) is 84.9 Å². The second-order valence-corrected chi connectivity index (χ2v) is 9.61. The van der Waals surface area contributed by atoms with Gasteiger partial charge in [0.05, 0.1) is 24.3 Å². The zero-order valence-electron chi connectivity index (χ0n) is 19.6. The molecule has 0 radical (unpaired) electrons. The summed E-state index contributed by atoms with van der Waals surface area (Å²) in [5.74, 6) is 1.40. The normalized spacial score (nSPS) is 11.6. The van der Waals surface area contributed by atoms with Crippen LogP contribution >= 0.6 is 0 Å². The number of nitrogens with zero attached hydrogens (tertiary/aromatic N) is 1. The van der Waals surface area contributed by atoms with Crippen LogP contribution in [0.4, 0.5) is 5.69 Å². The van der Waals surface area contributed by atoms with Crippen LogP contribution in [0.15, 0.2) is 47.4 Å². The van der Waals surface area contributed by atoms with Crippen molar-refractivity contribution in [3.8, 4) is 11.5 Å². The summed E-state index contributed by atoms with van der Waals surface area (Å²) < 4.78 is 38.0. The summed E-state index contributed by atoms with van der Waals surface area (Å²) in [6, 6.07) is 12.4. The van der Waals surface area contributed by atoms with Crippen molar-refractivity contribution >= 4 is 21.6 Å². The van der Waals surface area contributed by atoms with Crippen molar-refractivity contribution in [3.05, 3.63) is 48.0 Å². The van der Waals surface area contributed by atoms with E-state index in [-0.39, 0.29) is 17.2 Å². The average molecular weight is 463 g/mol. The Hall–Kier alpha value is -2.58. The van der Waals surface area contributed by atoms with Crippen molar-refractivity contribution in [2.45, 2.75) is 51.3 Å². The number of hydrogen-bond acceptors (Lipinski definition) is 5.